The molecule has 1 amide bonds. The predicted molar refractivity (Wildman–Crippen MR) is 68.9 cm³/mol. The van der Waals surface area contributed by atoms with Crippen LogP contribution in [0.3, 0.4) is 0 Å². The van der Waals surface area contributed by atoms with Crippen molar-refractivity contribution in [1.29, 1.82) is 0 Å². The van der Waals surface area contributed by atoms with Gasteiger partial charge in [0.05, 0.1) is 6.61 Å². The molecule has 0 bridgehead atoms. The second kappa shape index (κ2) is 8.48. The number of nitrogens with one attached hydrogen (secondary N) is 2. The summed E-state index contributed by atoms with van der Waals surface area (Å²) in [5.74, 6) is 1.39. The van der Waals surface area contributed by atoms with Gasteiger partial charge in [-0.15, -0.1) is 0 Å². The fraction of sp³-hybridized carbons (Fsp3) is 0.923. The topological polar surface area (TPSA) is 50.4 Å². The minimum Gasteiger partial charge on any atom is -0.381 e. The van der Waals surface area contributed by atoms with Crippen LogP contribution in [0.15, 0.2) is 0 Å². The van der Waals surface area contributed by atoms with E-state index in [1.165, 1.54) is 6.42 Å². The van der Waals surface area contributed by atoms with Crippen LogP contribution in [-0.4, -0.2) is 38.8 Å². The average molecular weight is 242 g/mol. The zero-order chi connectivity index (χ0) is 12.5. The third kappa shape index (κ3) is 6.03. The van der Waals surface area contributed by atoms with Gasteiger partial charge >= 0.3 is 0 Å². The van der Waals surface area contributed by atoms with Gasteiger partial charge in [-0.1, -0.05) is 13.8 Å². The van der Waals surface area contributed by atoms with Gasteiger partial charge in [-0.3, -0.25) is 4.79 Å². The lowest BCUT2D eigenvalue weighted by atomic mass is 9.88. The molecule has 4 heteroatoms. The molecule has 0 aromatic carbocycles. The fourth-order valence-electron chi connectivity index (χ4n) is 2.07. The first-order valence-corrected chi connectivity index (χ1v) is 6.79. The number of amides is 1. The number of carbonyl (C=O) groups excluding carboxylic acids is 1. The maximum absolute atomic E-state index is 11.5. The largest absolute Gasteiger partial charge is 0.381 e. The van der Waals surface area contributed by atoms with Crippen molar-refractivity contribution < 1.29 is 9.53 Å². The molecular weight excluding hydrogens is 216 g/mol. The van der Waals surface area contributed by atoms with Crippen LogP contribution in [0, 0.1) is 11.8 Å². The van der Waals surface area contributed by atoms with Gasteiger partial charge in [0.15, 0.2) is 0 Å². The van der Waals surface area contributed by atoms with Crippen LogP contribution in [-0.2, 0) is 9.53 Å². The van der Waals surface area contributed by atoms with Crippen LogP contribution in [0.5, 0.6) is 0 Å². The zero-order valence-electron chi connectivity index (χ0n) is 11.1. The van der Waals surface area contributed by atoms with Crippen molar-refractivity contribution in [2.24, 2.45) is 11.8 Å². The Balaban J connectivity index is 2.06. The van der Waals surface area contributed by atoms with Gasteiger partial charge in [0.25, 0.3) is 0 Å². The summed E-state index contributed by atoms with van der Waals surface area (Å²) in [7, 11) is 0. The number of rotatable bonds is 7. The first-order chi connectivity index (χ1) is 8.24. The van der Waals surface area contributed by atoms with Crippen molar-refractivity contribution in [3.63, 3.8) is 0 Å². The van der Waals surface area contributed by atoms with Crippen molar-refractivity contribution in [3.05, 3.63) is 0 Å². The van der Waals surface area contributed by atoms with Gasteiger partial charge in [-0.25, -0.2) is 0 Å². The van der Waals surface area contributed by atoms with Gasteiger partial charge in [0.2, 0.25) is 5.91 Å². The van der Waals surface area contributed by atoms with E-state index in [1.807, 2.05) is 0 Å². The molecule has 100 valence electrons. The maximum atomic E-state index is 11.5. The number of carbonyl (C=O) groups is 1. The van der Waals surface area contributed by atoms with E-state index in [0.29, 0.717) is 24.9 Å². The van der Waals surface area contributed by atoms with Gasteiger partial charge in [0.1, 0.15) is 0 Å². The van der Waals surface area contributed by atoms with Gasteiger partial charge in [0, 0.05) is 19.6 Å². The standard InChI is InChI=1S/C13H26N2O2/c1-3-7-17-8-5-13(16)15-10-12-9-14-6-4-11(12)2/h11-12,14H,3-10H2,1-2H3,(H,15,16). The highest BCUT2D eigenvalue weighted by atomic mass is 16.5. The molecule has 0 aromatic heterocycles. The van der Waals surface area contributed by atoms with Crippen LogP contribution < -0.4 is 10.6 Å². The minimum absolute atomic E-state index is 0.110. The SMILES string of the molecule is CCCOCCC(=O)NCC1CNCCC1C. The Morgan fingerprint density at radius 2 is 2.29 bits per heavy atom. The highest BCUT2D eigenvalue weighted by Gasteiger charge is 2.21. The molecule has 2 atom stereocenters. The van der Waals surface area contributed by atoms with Gasteiger partial charge < -0.3 is 15.4 Å². The van der Waals surface area contributed by atoms with E-state index in [-0.39, 0.29) is 5.91 Å². The van der Waals surface area contributed by atoms with Gasteiger partial charge in [-0.05, 0) is 37.8 Å². The Kier molecular flexibility index (Phi) is 7.21. The lowest BCUT2D eigenvalue weighted by Gasteiger charge is -2.29. The molecule has 2 N–H and O–H groups in total. The van der Waals surface area contributed by atoms with Crippen LogP contribution in [0.1, 0.15) is 33.1 Å². The fourth-order valence-corrected chi connectivity index (χ4v) is 2.07. The van der Waals surface area contributed by atoms with E-state index < -0.39 is 0 Å². The number of hydrogen-bond acceptors (Lipinski definition) is 3. The Bertz CT molecular complexity index is 221. The van der Waals surface area contributed by atoms with E-state index in [4.69, 9.17) is 4.74 Å². The quantitative estimate of drug-likeness (QED) is 0.659. The summed E-state index contributed by atoms with van der Waals surface area (Å²) >= 11 is 0. The van der Waals surface area contributed by atoms with E-state index >= 15 is 0 Å². The van der Waals surface area contributed by atoms with Gasteiger partial charge in [-0.2, -0.15) is 0 Å². The molecule has 2 unspecified atom stereocenters. The monoisotopic (exact) mass is 242 g/mol. The number of hydrogen-bond donors (Lipinski definition) is 2. The molecule has 17 heavy (non-hydrogen) atoms. The van der Waals surface area contributed by atoms with Crippen molar-refractivity contribution in [2.75, 3.05) is 32.8 Å². The second-order valence-electron chi connectivity index (χ2n) is 4.90. The molecule has 1 saturated heterocycles. The summed E-state index contributed by atoms with van der Waals surface area (Å²) < 4.78 is 5.29. The smallest absolute Gasteiger partial charge is 0.222 e. The lowest BCUT2D eigenvalue weighted by Crippen LogP contribution is -2.42. The Morgan fingerprint density at radius 3 is 3.00 bits per heavy atom. The van der Waals surface area contributed by atoms with Crippen LogP contribution >= 0.6 is 0 Å². The molecule has 0 aliphatic carbocycles. The summed E-state index contributed by atoms with van der Waals surface area (Å²) in [5.41, 5.74) is 0. The molecule has 1 aliphatic rings. The van der Waals surface area contributed by atoms with Crippen LogP contribution in [0.4, 0.5) is 0 Å². The van der Waals surface area contributed by atoms with E-state index in [0.717, 1.165) is 32.7 Å². The third-order valence-electron chi connectivity index (χ3n) is 3.37. The van der Waals surface area contributed by atoms with Crippen molar-refractivity contribution in [2.45, 2.75) is 33.1 Å². The van der Waals surface area contributed by atoms with Crippen LogP contribution in [0.25, 0.3) is 0 Å². The zero-order valence-corrected chi connectivity index (χ0v) is 11.1. The lowest BCUT2D eigenvalue weighted by molar-refractivity contribution is -0.122. The highest BCUT2D eigenvalue weighted by Crippen LogP contribution is 2.17. The molecule has 1 heterocycles. The maximum Gasteiger partial charge on any atom is 0.222 e. The first kappa shape index (κ1) is 14.5. The Labute approximate surface area is 104 Å². The van der Waals surface area contributed by atoms with E-state index in [9.17, 15) is 4.79 Å². The molecule has 0 spiro atoms. The van der Waals surface area contributed by atoms with Crippen molar-refractivity contribution >= 4 is 5.91 Å². The normalized spacial score (nSPS) is 24.6. The number of ether oxygens (including phenoxy) is 1. The average Bonchev–Trinajstić information content (AvgIpc) is 2.34. The molecule has 0 saturated carbocycles. The summed E-state index contributed by atoms with van der Waals surface area (Å²) in [6, 6.07) is 0. The Hall–Kier alpha value is -0.610. The molecule has 1 rings (SSSR count). The molecule has 1 fully saturated rings. The minimum atomic E-state index is 0.110. The highest BCUT2D eigenvalue weighted by molar-refractivity contribution is 5.75. The van der Waals surface area contributed by atoms with E-state index in [2.05, 4.69) is 24.5 Å². The number of piperidine rings is 1. The molecule has 0 aromatic rings. The second-order valence-corrected chi connectivity index (χ2v) is 4.90. The van der Waals surface area contributed by atoms with E-state index in [1.54, 1.807) is 0 Å². The van der Waals surface area contributed by atoms with Crippen molar-refractivity contribution in [1.82, 2.24) is 10.6 Å². The molecule has 1 aliphatic heterocycles. The van der Waals surface area contributed by atoms with Crippen molar-refractivity contribution in [3.8, 4) is 0 Å². The van der Waals surface area contributed by atoms with Crippen LogP contribution in [0.2, 0.25) is 0 Å². The first-order valence-electron chi connectivity index (χ1n) is 6.79. The third-order valence-corrected chi connectivity index (χ3v) is 3.37. The molecule has 0 radical (unpaired) electrons. The molecular formula is C13H26N2O2. The Morgan fingerprint density at radius 1 is 1.47 bits per heavy atom. The summed E-state index contributed by atoms with van der Waals surface area (Å²) in [5, 5.41) is 6.37. The predicted octanol–water partition coefficient (Wildman–Crippen LogP) is 1.16. The molecule has 4 nitrogen and oxygen atoms in total. The summed E-state index contributed by atoms with van der Waals surface area (Å²) in [6.07, 6.45) is 2.70. The summed E-state index contributed by atoms with van der Waals surface area (Å²) in [6.45, 7) is 8.54. The summed E-state index contributed by atoms with van der Waals surface area (Å²) in [4.78, 5) is 11.5.